The molecule has 1 aliphatic heterocycles. The van der Waals surface area contributed by atoms with Crippen LogP contribution < -0.4 is 9.80 Å². The molecule has 0 atom stereocenters. The first-order valence-electron chi connectivity index (χ1n) is 8.67. The highest BCUT2D eigenvalue weighted by atomic mass is 32.1. The lowest BCUT2D eigenvalue weighted by molar-refractivity contribution is 0.0526. The van der Waals surface area contributed by atoms with E-state index in [1.165, 1.54) is 11.5 Å². The lowest BCUT2D eigenvalue weighted by Crippen LogP contribution is -2.31. The van der Waals surface area contributed by atoms with E-state index in [-0.39, 0.29) is 5.97 Å². The molecule has 0 N–H and O–H groups in total. The minimum atomic E-state index is -0.327. The molecule has 0 aromatic carbocycles. The van der Waals surface area contributed by atoms with Crippen LogP contribution in [0.3, 0.4) is 0 Å². The molecule has 0 saturated carbocycles. The minimum Gasteiger partial charge on any atom is -0.462 e. The van der Waals surface area contributed by atoms with Crippen molar-refractivity contribution in [3.63, 3.8) is 0 Å². The zero-order valence-corrected chi connectivity index (χ0v) is 15.5. The second-order valence-corrected chi connectivity index (χ2v) is 6.53. The number of carbonyl (C=O) groups excluding carboxylic acids is 1. The average molecular weight is 361 g/mol. The van der Waals surface area contributed by atoms with Gasteiger partial charge in [-0.25, -0.2) is 14.8 Å². The molecule has 2 aromatic heterocycles. The van der Waals surface area contributed by atoms with Crippen molar-refractivity contribution in [2.45, 2.75) is 26.7 Å². The molecule has 134 valence electrons. The van der Waals surface area contributed by atoms with Gasteiger partial charge in [-0.3, -0.25) is 0 Å². The van der Waals surface area contributed by atoms with Crippen molar-refractivity contribution in [2.24, 2.45) is 0 Å². The maximum atomic E-state index is 11.7. The molecule has 0 amide bonds. The van der Waals surface area contributed by atoms with E-state index < -0.39 is 0 Å². The number of rotatable bonds is 5. The van der Waals surface area contributed by atoms with Gasteiger partial charge in [0.1, 0.15) is 11.6 Å². The van der Waals surface area contributed by atoms with E-state index >= 15 is 0 Å². The molecule has 0 aliphatic carbocycles. The summed E-state index contributed by atoms with van der Waals surface area (Å²) in [6, 6.07) is 3.67. The average Bonchev–Trinajstić information content (AvgIpc) is 2.99. The Bertz CT molecular complexity index is 703. The number of pyridine rings is 1. The molecule has 1 aliphatic rings. The second kappa shape index (κ2) is 8.24. The van der Waals surface area contributed by atoms with E-state index in [1.807, 2.05) is 6.07 Å². The van der Waals surface area contributed by atoms with Gasteiger partial charge >= 0.3 is 5.97 Å². The van der Waals surface area contributed by atoms with Crippen molar-refractivity contribution in [2.75, 3.05) is 42.6 Å². The van der Waals surface area contributed by atoms with Crippen LogP contribution in [0.2, 0.25) is 0 Å². The van der Waals surface area contributed by atoms with E-state index in [0.717, 1.165) is 55.8 Å². The fourth-order valence-electron chi connectivity index (χ4n) is 2.76. The molecule has 7 nitrogen and oxygen atoms in total. The Morgan fingerprint density at radius 1 is 1.20 bits per heavy atom. The van der Waals surface area contributed by atoms with Gasteiger partial charge in [0.25, 0.3) is 0 Å². The number of hydrogen-bond donors (Lipinski definition) is 0. The van der Waals surface area contributed by atoms with E-state index in [1.54, 1.807) is 19.2 Å². The van der Waals surface area contributed by atoms with Crippen LogP contribution in [0.1, 0.15) is 36.5 Å². The van der Waals surface area contributed by atoms with Gasteiger partial charge in [0.15, 0.2) is 0 Å². The quantitative estimate of drug-likeness (QED) is 0.757. The van der Waals surface area contributed by atoms with Crippen LogP contribution in [0.15, 0.2) is 18.3 Å². The Kier molecular flexibility index (Phi) is 5.80. The SMILES string of the molecule is CCOC(=O)c1ccc(N2CCCN(c3nc(CC)ns3)CC2)nc1. The first kappa shape index (κ1) is 17.6. The topological polar surface area (TPSA) is 71.5 Å². The van der Waals surface area contributed by atoms with Gasteiger partial charge in [0, 0.05) is 50.3 Å². The maximum Gasteiger partial charge on any atom is 0.339 e. The summed E-state index contributed by atoms with van der Waals surface area (Å²) in [5.41, 5.74) is 0.489. The maximum absolute atomic E-state index is 11.7. The third kappa shape index (κ3) is 4.25. The highest BCUT2D eigenvalue weighted by molar-refractivity contribution is 7.09. The summed E-state index contributed by atoms with van der Waals surface area (Å²) in [4.78, 5) is 25.3. The summed E-state index contributed by atoms with van der Waals surface area (Å²) in [6.45, 7) is 7.89. The van der Waals surface area contributed by atoms with E-state index in [2.05, 4.69) is 31.1 Å². The number of anilines is 2. The van der Waals surface area contributed by atoms with Gasteiger partial charge in [-0.2, -0.15) is 4.37 Å². The van der Waals surface area contributed by atoms with Crippen LogP contribution in [0.4, 0.5) is 10.9 Å². The molecule has 0 spiro atoms. The minimum absolute atomic E-state index is 0.327. The number of nitrogens with zero attached hydrogens (tertiary/aromatic N) is 5. The zero-order chi connectivity index (χ0) is 17.6. The summed E-state index contributed by atoms with van der Waals surface area (Å²) in [5.74, 6) is 1.48. The van der Waals surface area contributed by atoms with E-state index in [4.69, 9.17) is 4.74 Å². The second-order valence-electron chi connectivity index (χ2n) is 5.80. The summed E-state index contributed by atoms with van der Waals surface area (Å²) in [5, 5.41) is 1.00. The van der Waals surface area contributed by atoms with Crippen molar-refractivity contribution in [3.05, 3.63) is 29.7 Å². The lowest BCUT2D eigenvalue weighted by Gasteiger charge is -2.22. The molecule has 8 heteroatoms. The van der Waals surface area contributed by atoms with Crippen LogP contribution in [0, 0.1) is 0 Å². The molecule has 0 bridgehead atoms. The van der Waals surface area contributed by atoms with E-state index in [0.29, 0.717) is 12.2 Å². The van der Waals surface area contributed by atoms with Crippen LogP contribution in [-0.2, 0) is 11.2 Å². The van der Waals surface area contributed by atoms with Crippen molar-refractivity contribution < 1.29 is 9.53 Å². The molecule has 0 unspecified atom stereocenters. The molecule has 1 fully saturated rings. The molecule has 2 aromatic rings. The Morgan fingerprint density at radius 2 is 2.00 bits per heavy atom. The summed E-state index contributed by atoms with van der Waals surface area (Å²) in [6.07, 6.45) is 3.49. The van der Waals surface area contributed by atoms with Crippen LogP contribution in [0.25, 0.3) is 0 Å². The summed E-state index contributed by atoms with van der Waals surface area (Å²) in [7, 11) is 0. The van der Waals surface area contributed by atoms with Crippen molar-refractivity contribution >= 4 is 28.5 Å². The molecule has 0 radical (unpaired) electrons. The van der Waals surface area contributed by atoms with Crippen LogP contribution in [-0.4, -0.2) is 53.1 Å². The number of aryl methyl sites for hydroxylation is 1. The van der Waals surface area contributed by atoms with E-state index in [9.17, 15) is 4.79 Å². The molecular formula is C17H23N5O2S. The van der Waals surface area contributed by atoms with Crippen LogP contribution >= 0.6 is 11.5 Å². The fraction of sp³-hybridized carbons (Fsp3) is 0.529. The third-order valence-electron chi connectivity index (χ3n) is 4.12. The zero-order valence-electron chi connectivity index (χ0n) is 14.6. The smallest absolute Gasteiger partial charge is 0.339 e. The number of esters is 1. The highest BCUT2D eigenvalue weighted by Gasteiger charge is 2.19. The molecule has 1 saturated heterocycles. The normalized spacial score (nSPS) is 15.1. The van der Waals surface area contributed by atoms with Gasteiger partial charge in [-0.15, -0.1) is 0 Å². The van der Waals surface area contributed by atoms with Crippen molar-refractivity contribution in [3.8, 4) is 0 Å². The monoisotopic (exact) mass is 361 g/mol. The number of ether oxygens (including phenoxy) is 1. The largest absolute Gasteiger partial charge is 0.462 e. The van der Waals surface area contributed by atoms with Gasteiger partial charge in [0.2, 0.25) is 5.13 Å². The number of aromatic nitrogens is 3. The highest BCUT2D eigenvalue weighted by Crippen LogP contribution is 2.21. The van der Waals surface area contributed by atoms with Gasteiger partial charge in [-0.1, -0.05) is 6.92 Å². The molecule has 3 heterocycles. The summed E-state index contributed by atoms with van der Waals surface area (Å²) < 4.78 is 9.37. The third-order valence-corrected chi connectivity index (χ3v) is 4.94. The standard InChI is InChI=1S/C17H23N5O2S/c1-3-14-19-17(25-20-14)22-9-5-8-21(10-11-22)15-7-6-13(12-18-15)16(23)24-4-2/h6-7,12H,3-5,8-11H2,1-2H3. The molecule has 25 heavy (non-hydrogen) atoms. The first-order valence-corrected chi connectivity index (χ1v) is 9.44. The predicted molar refractivity (Wildman–Crippen MR) is 98.5 cm³/mol. The fourth-order valence-corrected chi connectivity index (χ4v) is 3.56. The number of carbonyl (C=O) groups is 1. The lowest BCUT2D eigenvalue weighted by atomic mass is 10.2. The van der Waals surface area contributed by atoms with Gasteiger partial charge in [-0.05, 0) is 25.5 Å². The van der Waals surface area contributed by atoms with Gasteiger partial charge < -0.3 is 14.5 Å². The van der Waals surface area contributed by atoms with Crippen molar-refractivity contribution in [1.82, 2.24) is 14.3 Å². The van der Waals surface area contributed by atoms with Crippen LogP contribution in [0.5, 0.6) is 0 Å². The Labute approximate surface area is 151 Å². The Hall–Kier alpha value is -2.22. The first-order chi connectivity index (χ1) is 12.2. The van der Waals surface area contributed by atoms with Crippen molar-refractivity contribution in [1.29, 1.82) is 0 Å². The molecular weight excluding hydrogens is 338 g/mol. The summed E-state index contributed by atoms with van der Waals surface area (Å²) >= 11 is 1.48. The Morgan fingerprint density at radius 3 is 2.68 bits per heavy atom. The van der Waals surface area contributed by atoms with Gasteiger partial charge in [0.05, 0.1) is 12.2 Å². The predicted octanol–water partition coefficient (Wildman–Crippen LogP) is 2.39. The number of hydrogen-bond acceptors (Lipinski definition) is 8. The molecule has 3 rings (SSSR count). The Balaban J connectivity index is 1.63.